The van der Waals surface area contributed by atoms with Crippen molar-refractivity contribution >= 4 is 0 Å². The van der Waals surface area contributed by atoms with Crippen LogP contribution < -0.4 is 0 Å². The second-order valence-electron chi connectivity index (χ2n) is 9.09. The Morgan fingerprint density at radius 3 is 2.48 bits per heavy atom. The zero-order valence-electron chi connectivity index (χ0n) is 15.5. The summed E-state index contributed by atoms with van der Waals surface area (Å²) < 4.78 is 0. The van der Waals surface area contributed by atoms with E-state index in [1.165, 1.54) is 77.0 Å². The molecule has 3 saturated carbocycles. The van der Waals surface area contributed by atoms with Crippen LogP contribution in [0.5, 0.6) is 0 Å². The van der Waals surface area contributed by atoms with Crippen LogP contribution in [0.3, 0.4) is 0 Å². The summed E-state index contributed by atoms with van der Waals surface area (Å²) in [5, 5.41) is 9.65. The topological polar surface area (TPSA) is 23.8 Å². The summed E-state index contributed by atoms with van der Waals surface area (Å²) >= 11 is 0. The standard InChI is InChI=1S/C22H37N/c1-3-5-6-7-17-8-11-20-18(14-17)9-10-19-15-22(4-2,16-23)13-12-21(19)20/h17-21H,3-15H2,1-2H3/t17-,18?,19?,20?,21?,22+/m0/s1. The predicted octanol–water partition coefficient (Wildman–Crippen LogP) is 6.73. The highest BCUT2D eigenvalue weighted by molar-refractivity contribution is 5.05. The normalized spacial score (nSPS) is 43.3. The van der Waals surface area contributed by atoms with Crippen LogP contribution in [-0.4, -0.2) is 0 Å². The second kappa shape index (κ2) is 7.58. The van der Waals surface area contributed by atoms with Gasteiger partial charge >= 0.3 is 0 Å². The number of unbranched alkanes of at least 4 members (excludes halogenated alkanes) is 2. The number of fused-ring (bicyclic) bond motifs is 3. The first kappa shape index (κ1) is 17.3. The van der Waals surface area contributed by atoms with Crippen LogP contribution in [0.25, 0.3) is 0 Å². The highest BCUT2D eigenvalue weighted by Gasteiger charge is 2.48. The fourth-order valence-corrected chi connectivity index (χ4v) is 6.47. The summed E-state index contributed by atoms with van der Waals surface area (Å²) in [5.41, 5.74) is 0.0331. The van der Waals surface area contributed by atoms with Gasteiger partial charge in [0.15, 0.2) is 0 Å². The fraction of sp³-hybridized carbons (Fsp3) is 0.955. The third-order valence-corrected chi connectivity index (χ3v) is 7.95. The Morgan fingerprint density at radius 1 is 0.957 bits per heavy atom. The van der Waals surface area contributed by atoms with Gasteiger partial charge in [-0.3, -0.25) is 0 Å². The van der Waals surface area contributed by atoms with Crippen LogP contribution in [0.1, 0.15) is 97.3 Å². The minimum Gasteiger partial charge on any atom is -0.198 e. The summed E-state index contributed by atoms with van der Waals surface area (Å²) in [6, 6.07) is 2.71. The molecule has 3 fully saturated rings. The molecule has 0 radical (unpaired) electrons. The van der Waals surface area contributed by atoms with Crippen molar-refractivity contribution in [1.82, 2.24) is 0 Å². The van der Waals surface area contributed by atoms with E-state index in [2.05, 4.69) is 19.9 Å². The molecule has 6 atom stereocenters. The molecule has 1 heteroatoms. The van der Waals surface area contributed by atoms with Gasteiger partial charge in [0.05, 0.1) is 11.5 Å². The molecule has 0 aromatic carbocycles. The number of nitriles is 1. The van der Waals surface area contributed by atoms with Crippen LogP contribution in [0, 0.1) is 46.3 Å². The molecule has 130 valence electrons. The monoisotopic (exact) mass is 315 g/mol. The predicted molar refractivity (Wildman–Crippen MR) is 96.9 cm³/mol. The van der Waals surface area contributed by atoms with Crippen molar-refractivity contribution in [2.75, 3.05) is 0 Å². The molecule has 3 rings (SSSR count). The molecule has 0 spiro atoms. The van der Waals surface area contributed by atoms with Crippen LogP contribution >= 0.6 is 0 Å². The van der Waals surface area contributed by atoms with Crippen LogP contribution in [-0.2, 0) is 0 Å². The Hall–Kier alpha value is -0.510. The van der Waals surface area contributed by atoms with E-state index in [1.807, 2.05) is 0 Å². The highest BCUT2D eigenvalue weighted by atomic mass is 14.5. The van der Waals surface area contributed by atoms with Crippen molar-refractivity contribution in [1.29, 1.82) is 5.26 Å². The largest absolute Gasteiger partial charge is 0.198 e. The minimum atomic E-state index is 0.0331. The molecule has 0 amide bonds. The fourth-order valence-electron chi connectivity index (χ4n) is 6.47. The van der Waals surface area contributed by atoms with Crippen LogP contribution in [0.4, 0.5) is 0 Å². The Labute approximate surface area is 144 Å². The van der Waals surface area contributed by atoms with Gasteiger partial charge in [-0.2, -0.15) is 5.26 Å². The van der Waals surface area contributed by atoms with E-state index in [0.29, 0.717) is 0 Å². The van der Waals surface area contributed by atoms with Gasteiger partial charge in [0.25, 0.3) is 0 Å². The number of hydrogen-bond donors (Lipinski definition) is 0. The van der Waals surface area contributed by atoms with Gasteiger partial charge < -0.3 is 0 Å². The highest BCUT2D eigenvalue weighted by Crippen LogP contribution is 2.56. The zero-order chi connectivity index (χ0) is 16.3. The molecule has 3 aliphatic rings. The van der Waals surface area contributed by atoms with E-state index in [0.717, 1.165) is 36.0 Å². The van der Waals surface area contributed by atoms with E-state index < -0.39 is 0 Å². The summed E-state index contributed by atoms with van der Waals surface area (Å²) in [6.07, 6.45) is 18.0. The molecule has 4 unspecified atom stereocenters. The second-order valence-corrected chi connectivity index (χ2v) is 9.09. The van der Waals surface area contributed by atoms with Gasteiger partial charge in [-0.1, -0.05) is 46.0 Å². The molecule has 0 aromatic rings. The van der Waals surface area contributed by atoms with Gasteiger partial charge in [-0.05, 0) is 81.0 Å². The SMILES string of the molecule is CCCCC[C@H]1CCC2C(CCC3C[C@@](C#N)(CC)CCC32)C1. The molecule has 1 nitrogen and oxygen atoms in total. The number of rotatable bonds is 5. The first-order valence-corrected chi connectivity index (χ1v) is 10.6. The van der Waals surface area contributed by atoms with E-state index in [1.54, 1.807) is 0 Å². The molecular formula is C22H37N. The Balaban J connectivity index is 1.57. The summed E-state index contributed by atoms with van der Waals surface area (Å²) in [4.78, 5) is 0. The quantitative estimate of drug-likeness (QED) is 0.516. The third kappa shape index (κ3) is 3.62. The summed E-state index contributed by atoms with van der Waals surface area (Å²) in [6.45, 7) is 4.55. The lowest BCUT2D eigenvalue weighted by molar-refractivity contribution is -0.0167. The number of hydrogen-bond acceptors (Lipinski definition) is 1. The van der Waals surface area contributed by atoms with Crippen molar-refractivity contribution in [3.8, 4) is 6.07 Å². The van der Waals surface area contributed by atoms with E-state index in [-0.39, 0.29) is 5.41 Å². The minimum absolute atomic E-state index is 0.0331. The third-order valence-electron chi connectivity index (χ3n) is 7.95. The van der Waals surface area contributed by atoms with Crippen LogP contribution in [0.2, 0.25) is 0 Å². The van der Waals surface area contributed by atoms with E-state index in [4.69, 9.17) is 0 Å². The Bertz CT molecular complexity index is 422. The first-order chi connectivity index (χ1) is 11.2. The zero-order valence-corrected chi connectivity index (χ0v) is 15.5. The van der Waals surface area contributed by atoms with Gasteiger partial charge in [-0.15, -0.1) is 0 Å². The average Bonchev–Trinajstić information content (AvgIpc) is 2.61. The maximum absolute atomic E-state index is 9.65. The average molecular weight is 316 g/mol. The van der Waals surface area contributed by atoms with Crippen molar-refractivity contribution in [3.05, 3.63) is 0 Å². The lowest BCUT2D eigenvalue weighted by atomic mass is 9.52. The van der Waals surface area contributed by atoms with Gasteiger partial charge in [0.2, 0.25) is 0 Å². The lowest BCUT2D eigenvalue weighted by Crippen LogP contribution is -2.43. The van der Waals surface area contributed by atoms with Gasteiger partial charge in [-0.25, -0.2) is 0 Å². The van der Waals surface area contributed by atoms with Crippen molar-refractivity contribution in [2.45, 2.75) is 97.3 Å². The van der Waals surface area contributed by atoms with Gasteiger partial charge in [0, 0.05) is 0 Å². The smallest absolute Gasteiger partial charge is 0.0689 e. The maximum Gasteiger partial charge on any atom is 0.0689 e. The van der Waals surface area contributed by atoms with E-state index in [9.17, 15) is 5.26 Å². The van der Waals surface area contributed by atoms with Gasteiger partial charge in [0.1, 0.15) is 0 Å². The van der Waals surface area contributed by atoms with E-state index >= 15 is 0 Å². The van der Waals surface area contributed by atoms with Crippen molar-refractivity contribution in [3.63, 3.8) is 0 Å². The molecule has 0 saturated heterocycles. The lowest BCUT2D eigenvalue weighted by Gasteiger charge is -2.52. The molecular weight excluding hydrogens is 278 g/mol. The first-order valence-electron chi connectivity index (χ1n) is 10.6. The molecule has 23 heavy (non-hydrogen) atoms. The Morgan fingerprint density at radius 2 is 1.74 bits per heavy atom. The molecule has 0 heterocycles. The molecule has 0 N–H and O–H groups in total. The summed E-state index contributed by atoms with van der Waals surface area (Å²) in [7, 11) is 0. The van der Waals surface area contributed by atoms with Crippen molar-refractivity contribution in [2.24, 2.45) is 35.0 Å². The molecule has 0 aromatic heterocycles. The van der Waals surface area contributed by atoms with Crippen molar-refractivity contribution < 1.29 is 0 Å². The number of nitrogens with zero attached hydrogens (tertiary/aromatic N) is 1. The van der Waals surface area contributed by atoms with Crippen LogP contribution in [0.15, 0.2) is 0 Å². The Kier molecular flexibility index (Phi) is 5.71. The maximum atomic E-state index is 9.65. The molecule has 0 aliphatic heterocycles. The summed E-state index contributed by atoms with van der Waals surface area (Å²) in [5.74, 6) is 4.94. The molecule has 3 aliphatic carbocycles. The molecule has 0 bridgehead atoms.